The summed E-state index contributed by atoms with van der Waals surface area (Å²) < 4.78 is 5.35. The van der Waals surface area contributed by atoms with Gasteiger partial charge in [-0.3, -0.25) is 4.79 Å². The van der Waals surface area contributed by atoms with Crippen LogP contribution in [0, 0.1) is 11.3 Å². The van der Waals surface area contributed by atoms with Gasteiger partial charge in [-0.15, -0.1) is 0 Å². The van der Waals surface area contributed by atoms with Crippen LogP contribution in [0.2, 0.25) is 0 Å². The van der Waals surface area contributed by atoms with Crippen molar-refractivity contribution in [3.63, 3.8) is 0 Å². The molecule has 0 saturated heterocycles. The van der Waals surface area contributed by atoms with Crippen molar-refractivity contribution >= 4 is 11.6 Å². The van der Waals surface area contributed by atoms with E-state index in [1.165, 1.54) is 0 Å². The third-order valence-corrected chi connectivity index (χ3v) is 4.36. The average Bonchev–Trinajstić information content (AvgIpc) is 2.60. The predicted octanol–water partition coefficient (Wildman–Crippen LogP) is 2.79. The highest BCUT2D eigenvalue weighted by atomic mass is 16.5. The fourth-order valence-electron chi connectivity index (χ4n) is 3.55. The lowest BCUT2D eigenvalue weighted by molar-refractivity contribution is -0.123. The van der Waals surface area contributed by atoms with E-state index in [0.29, 0.717) is 0 Å². The quantitative estimate of drug-likeness (QED) is 0.888. The molecular formula is C16H24N2O2. The third kappa shape index (κ3) is 2.47. The van der Waals surface area contributed by atoms with E-state index in [0.717, 1.165) is 24.3 Å². The van der Waals surface area contributed by atoms with Crippen molar-refractivity contribution in [2.24, 2.45) is 17.1 Å². The summed E-state index contributed by atoms with van der Waals surface area (Å²) in [4.78, 5) is 12.1. The minimum Gasteiger partial charge on any atom is -0.495 e. The lowest BCUT2D eigenvalue weighted by atomic mass is 9.85. The molecule has 0 heterocycles. The normalized spacial score (nSPS) is 28.1. The highest BCUT2D eigenvalue weighted by Gasteiger charge is 2.52. The lowest BCUT2D eigenvalue weighted by Crippen LogP contribution is -2.53. The molecule has 4 heteroatoms. The first-order chi connectivity index (χ1) is 9.31. The van der Waals surface area contributed by atoms with Crippen LogP contribution in [0.5, 0.6) is 5.75 Å². The van der Waals surface area contributed by atoms with E-state index in [1.807, 2.05) is 24.3 Å². The van der Waals surface area contributed by atoms with E-state index in [9.17, 15) is 4.79 Å². The van der Waals surface area contributed by atoms with E-state index >= 15 is 0 Å². The van der Waals surface area contributed by atoms with Gasteiger partial charge in [0.2, 0.25) is 5.91 Å². The SMILES string of the molecule is COc1ccccc1NC1(C(N)=O)CC(C)(C)CC1C. The van der Waals surface area contributed by atoms with E-state index in [4.69, 9.17) is 10.5 Å². The van der Waals surface area contributed by atoms with Crippen LogP contribution in [-0.4, -0.2) is 18.6 Å². The molecule has 1 aromatic rings. The topological polar surface area (TPSA) is 64.3 Å². The van der Waals surface area contributed by atoms with E-state index in [-0.39, 0.29) is 17.2 Å². The second kappa shape index (κ2) is 5.00. The first-order valence-corrected chi connectivity index (χ1v) is 7.02. The number of amides is 1. The van der Waals surface area contributed by atoms with Crippen LogP contribution >= 0.6 is 0 Å². The number of anilines is 1. The van der Waals surface area contributed by atoms with Crippen LogP contribution in [0.25, 0.3) is 0 Å². The van der Waals surface area contributed by atoms with E-state index in [1.54, 1.807) is 7.11 Å². The molecule has 1 saturated carbocycles. The number of nitrogens with two attached hydrogens (primary N) is 1. The molecule has 1 aromatic carbocycles. The lowest BCUT2D eigenvalue weighted by Gasteiger charge is -2.33. The van der Waals surface area contributed by atoms with Crippen molar-refractivity contribution < 1.29 is 9.53 Å². The molecule has 2 rings (SSSR count). The molecule has 4 nitrogen and oxygen atoms in total. The molecule has 1 aliphatic carbocycles. The Morgan fingerprint density at radius 3 is 2.55 bits per heavy atom. The van der Waals surface area contributed by atoms with Crippen molar-refractivity contribution in [3.05, 3.63) is 24.3 Å². The second-order valence-corrected chi connectivity index (χ2v) is 6.61. The van der Waals surface area contributed by atoms with Gasteiger partial charge >= 0.3 is 0 Å². The predicted molar refractivity (Wildman–Crippen MR) is 80.7 cm³/mol. The smallest absolute Gasteiger partial charge is 0.243 e. The molecule has 1 aliphatic rings. The van der Waals surface area contributed by atoms with Gasteiger partial charge in [0.15, 0.2) is 0 Å². The first-order valence-electron chi connectivity index (χ1n) is 7.02. The number of rotatable bonds is 4. The number of nitrogens with one attached hydrogen (secondary N) is 1. The zero-order valence-electron chi connectivity index (χ0n) is 12.7. The molecule has 20 heavy (non-hydrogen) atoms. The monoisotopic (exact) mass is 276 g/mol. The Hall–Kier alpha value is -1.71. The fraction of sp³-hybridized carbons (Fsp3) is 0.562. The Balaban J connectivity index is 2.38. The summed E-state index contributed by atoms with van der Waals surface area (Å²) >= 11 is 0. The summed E-state index contributed by atoms with van der Waals surface area (Å²) in [6.07, 6.45) is 1.70. The maximum absolute atomic E-state index is 12.1. The molecular weight excluding hydrogens is 252 g/mol. The molecule has 0 aromatic heterocycles. The van der Waals surface area contributed by atoms with Gasteiger partial charge in [-0.05, 0) is 36.3 Å². The molecule has 2 atom stereocenters. The summed E-state index contributed by atoms with van der Waals surface area (Å²) in [7, 11) is 1.62. The molecule has 110 valence electrons. The van der Waals surface area contributed by atoms with Crippen molar-refractivity contribution in [2.75, 3.05) is 12.4 Å². The Kier molecular flexibility index (Phi) is 3.67. The number of carbonyl (C=O) groups is 1. The number of carbonyl (C=O) groups excluding carboxylic acids is 1. The maximum atomic E-state index is 12.1. The standard InChI is InChI=1S/C16H24N2O2/c1-11-9-15(2,3)10-16(11,14(17)19)18-12-7-5-6-8-13(12)20-4/h5-8,11,18H,9-10H2,1-4H3,(H2,17,19). The minimum atomic E-state index is -0.710. The van der Waals surface area contributed by atoms with Crippen LogP contribution in [0.3, 0.4) is 0 Å². The highest BCUT2D eigenvalue weighted by molar-refractivity contribution is 5.89. The molecule has 0 aliphatic heterocycles. The van der Waals surface area contributed by atoms with E-state index in [2.05, 4.69) is 26.1 Å². The number of hydrogen-bond acceptors (Lipinski definition) is 3. The van der Waals surface area contributed by atoms with Crippen LogP contribution in [0.4, 0.5) is 5.69 Å². The minimum absolute atomic E-state index is 0.101. The van der Waals surface area contributed by atoms with Crippen molar-refractivity contribution in [3.8, 4) is 5.75 Å². The maximum Gasteiger partial charge on any atom is 0.243 e. The third-order valence-electron chi connectivity index (χ3n) is 4.36. The molecule has 1 fully saturated rings. The summed E-state index contributed by atoms with van der Waals surface area (Å²) in [5.74, 6) is 0.617. The summed E-state index contributed by atoms with van der Waals surface area (Å²) in [5, 5.41) is 3.38. The van der Waals surface area contributed by atoms with Gasteiger partial charge in [0, 0.05) is 0 Å². The molecule has 2 unspecified atom stereocenters. The molecule has 0 radical (unpaired) electrons. The van der Waals surface area contributed by atoms with Crippen LogP contribution in [0.15, 0.2) is 24.3 Å². The van der Waals surface area contributed by atoms with Crippen molar-refractivity contribution in [2.45, 2.75) is 39.2 Å². The van der Waals surface area contributed by atoms with Gasteiger partial charge in [-0.25, -0.2) is 0 Å². The van der Waals surface area contributed by atoms with Gasteiger partial charge < -0.3 is 15.8 Å². The van der Waals surface area contributed by atoms with Crippen molar-refractivity contribution in [1.29, 1.82) is 0 Å². The molecule has 0 spiro atoms. The highest BCUT2D eigenvalue weighted by Crippen LogP contribution is 2.49. The summed E-state index contributed by atoms with van der Waals surface area (Å²) in [6.45, 7) is 6.44. The van der Waals surface area contributed by atoms with Gasteiger partial charge in [0.1, 0.15) is 11.3 Å². The van der Waals surface area contributed by atoms with Crippen LogP contribution in [0.1, 0.15) is 33.6 Å². The zero-order valence-corrected chi connectivity index (χ0v) is 12.7. The van der Waals surface area contributed by atoms with Crippen LogP contribution in [-0.2, 0) is 4.79 Å². The van der Waals surface area contributed by atoms with Gasteiger partial charge in [0.05, 0.1) is 12.8 Å². The largest absolute Gasteiger partial charge is 0.495 e. The number of benzene rings is 1. The molecule has 1 amide bonds. The van der Waals surface area contributed by atoms with Gasteiger partial charge in [-0.2, -0.15) is 0 Å². The van der Waals surface area contributed by atoms with Crippen molar-refractivity contribution in [1.82, 2.24) is 0 Å². The summed E-state index contributed by atoms with van der Waals surface area (Å²) in [5.41, 5.74) is 5.95. The van der Waals surface area contributed by atoms with Gasteiger partial charge in [0.25, 0.3) is 0 Å². The van der Waals surface area contributed by atoms with E-state index < -0.39 is 5.54 Å². The zero-order chi connectivity index (χ0) is 15.0. The number of para-hydroxylation sites is 2. The second-order valence-electron chi connectivity index (χ2n) is 6.61. The fourth-order valence-corrected chi connectivity index (χ4v) is 3.55. The molecule has 3 N–H and O–H groups in total. The molecule has 0 bridgehead atoms. The first kappa shape index (κ1) is 14.7. The Labute approximate surface area is 120 Å². The average molecular weight is 276 g/mol. The van der Waals surface area contributed by atoms with Crippen LogP contribution < -0.4 is 15.8 Å². The summed E-state index contributed by atoms with van der Waals surface area (Å²) in [6, 6.07) is 7.62. The number of methoxy groups -OCH3 is 1. The number of ether oxygens (including phenoxy) is 1. The Morgan fingerprint density at radius 2 is 2.05 bits per heavy atom. The Morgan fingerprint density at radius 1 is 1.40 bits per heavy atom. The number of hydrogen-bond donors (Lipinski definition) is 2. The number of primary amides is 1. The Bertz CT molecular complexity index is 513. The van der Waals surface area contributed by atoms with Gasteiger partial charge in [-0.1, -0.05) is 32.9 Å².